The molecule has 0 bridgehead atoms. The molecule has 3 aromatic carbocycles. The second-order valence-electron chi connectivity index (χ2n) is 8.77. The fourth-order valence-electron chi connectivity index (χ4n) is 5.39. The molecule has 1 atom stereocenters. The van der Waals surface area contributed by atoms with Gasteiger partial charge in [0.15, 0.2) is 11.0 Å². The second kappa shape index (κ2) is 7.92. The van der Waals surface area contributed by atoms with Gasteiger partial charge in [-0.05, 0) is 30.2 Å². The average molecular weight is 466 g/mol. The summed E-state index contributed by atoms with van der Waals surface area (Å²) in [6.07, 6.45) is 0.253. The number of rotatable bonds is 5. The second-order valence-corrected chi connectivity index (χ2v) is 8.77. The Morgan fingerprint density at radius 2 is 1.57 bits per heavy atom. The molecule has 1 N–H and O–H groups in total. The lowest BCUT2D eigenvalue weighted by atomic mass is 9.84. The number of aliphatic hydroxyl groups excluding tert-OH is 1. The van der Waals surface area contributed by atoms with E-state index in [0.29, 0.717) is 22.2 Å². The van der Waals surface area contributed by atoms with Crippen LogP contribution in [0.3, 0.4) is 0 Å². The Balaban J connectivity index is 1.65. The first-order valence-corrected chi connectivity index (χ1v) is 11.5. The van der Waals surface area contributed by atoms with Crippen LogP contribution in [0.1, 0.15) is 33.7 Å². The lowest BCUT2D eigenvalue weighted by molar-refractivity contribution is -0.126. The van der Waals surface area contributed by atoms with Crippen molar-refractivity contribution >= 4 is 28.5 Å². The van der Waals surface area contributed by atoms with Crippen molar-refractivity contribution in [1.82, 2.24) is 4.90 Å². The fraction of sp³-hybridized carbons (Fsp3) is 0.179. The summed E-state index contributed by atoms with van der Waals surface area (Å²) < 4.78 is 5.99. The lowest BCUT2D eigenvalue weighted by Crippen LogP contribution is -2.53. The van der Waals surface area contributed by atoms with E-state index in [-0.39, 0.29) is 43.3 Å². The summed E-state index contributed by atoms with van der Waals surface area (Å²) in [6, 6.07) is 23.6. The summed E-state index contributed by atoms with van der Waals surface area (Å²) in [5.41, 5.74) is 0.418. The molecule has 6 rings (SSSR count). The van der Waals surface area contributed by atoms with Gasteiger partial charge in [-0.15, -0.1) is 0 Å². The molecule has 1 spiro atoms. The number of fused-ring (bicyclic) bond motifs is 5. The van der Waals surface area contributed by atoms with Gasteiger partial charge in [0.2, 0.25) is 5.76 Å². The van der Waals surface area contributed by atoms with E-state index >= 15 is 0 Å². The maximum atomic E-state index is 14.5. The first-order valence-electron chi connectivity index (χ1n) is 11.5. The zero-order valence-corrected chi connectivity index (χ0v) is 18.8. The Kier molecular flexibility index (Phi) is 4.82. The van der Waals surface area contributed by atoms with Crippen LogP contribution in [-0.4, -0.2) is 35.0 Å². The SMILES string of the molecule is O=C1c2oc3ccccc3c(=O)c2C2(C(=O)N(Cc3ccccc3)c3ccccc32)N1CCCO. The third-order valence-electron chi connectivity index (χ3n) is 6.87. The topological polar surface area (TPSA) is 91.1 Å². The van der Waals surface area contributed by atoms with Gasteiger partial charge < -0.3 is 19.3 Å². The molecule has 0 aliphatic carbocycles. The van der Waals surface area contributed by atoms with E-state index < -0.39 is 16.9 Å². The predicted octanol–water partition coefficient (Wildman–Crippen LogP) is 3.42. The van der Waals surface area contributed by atoms with E-state index in [0.717, 1.165) is 5.56 Å². The van der Waals surface area contributed by atoms with Crippen LogP contribution in [0.15, 0.2) is 88.1 Å². The van der Waals surface area contributed by atoms with E-state index in [4.69, 9.17) is 4.42 Å². The number of aliphatic hydroxyl groups is 1. The van der Waals surface area contributed by atoms with Gasteiger partial charge >= 0.3 is 0 Å². The van der Waals surface area contributed by atoms with E-state index in [9.17, 15) is 19.5 Å². The number of para-hydroxylation sites is 2. The molecule has 0 radical (unpaired) electrons. The van der Waals surface area contributed by atoms with Gasteiger partial charge in [0.25, 0.3) is 11.8 Å². The standard InChI is InChI=1S/C28H22N2O5/c31-16-8-15-30-26(33)25-23(24(32)19-11-4-7-14-22(19)35-25)28(30)20-12-5-6-13-21(20)29(27(28)34)17-18-9-2-1-3-10-18/h1-7,9-14,31H,8,15-17H2. The number of carbonyl (C=O) groups excluding carboxylic acids is 2. The quantitative estimate of drug-likeness (QED) is 0.487. The van der Waals surface area contributed by atoms with Crippen molar-refractivity contribution in [3.8, 4) is 0 Å². The van der Waals surface area contributed by atoms with Gasteiger partial charge in [-0.2, -0.15) is 0 Å². The molecule has 2 aliphatic heterocycles. The Morgan fingerprint density at radius 1 is 0.857 bits per heavy atom. The highest BCUT2D eigenvalue weighted by atomic mass is 16.3. The number of nitrogens with zero attached hydrogens (tertiary/aromatic N) is 2. The van der Waals surface area contributed by atoms with Crippen LogP contribution in [0, 0.1) is 0 Å². The third-order valence-corrected chi connectivity index (χ3v) is 6.87. The third kappa shape index (κ3) is 2.85. The maximum absolute atomic E-state index is 14.5. The van der Waals surface area contributed by atoms with Gasteiger partial charge in [-0.1, -0.05) is 60.7 Å². The summed E-state index contributed by atoms with van der Waals surface area (Å²) in [4.78, 5) is 45.1. The molecular weight excluding hydrogens is 444 g/mol. The van der Waals surface area contributed by atoms with Gasteiger partial charge in [-0.3, -0.25) is 14.4 Å². The molecule has 0 fully saturated rings. The largest absolute Gasteiger partial charge is 0.450 e. The normalized spacial score (nSPS) is 18.5. The van der Waals surface area contributed by atoms with Crippen LogP contribution in [0.2, 0.25) is 0 Å². The number of carbonyl (C=O) groups is 2. The van der Waals surface area contributed by atoms with Crippen molar-refractivity contribution in [1.29, 1.82) is 0 Å². The fourth-order valence-corrected chi connectivity index (χ4v) is 5.39. The smallest absolute Gasteiger partial charge is 0.291 e. The van der Waals surface area contributed by atoms with E-state index in [1.54, 1.807) is 41.3 Å². The maximum Gasteiger partial charge on any atom is 0.291 e. The van der Waals surface area contributed by atoms with Crippen molar-refractivity contribution < 1.29 is 19.1 Å². The molecule has 2 amide bonds. The summed E-state index contributed by atoms with van der Waals surface area (Å²) >= 11 is 0. The van der Waals surface area contributed by atoms with Crippen LogP contribution >= 0.6 is 0 Å². The van der Waals surface area contributed by atoms with Crippen LogP contribution in [-0.2, 0) is 16.9 Å². The molecule has 7 nitrogen and oxygen atoms in total. The molecular formula is C28H22N2O5. The molecule has 174 valence electrons. The average Bonchev–Trinajstić information content (AvgIpc) is 3.28. The van der Waals surface area contributed by atoms with Gasteiger partial charge in [0, 0.05) is 18.7 Å². The lowest BCUT2D eigenvalue weighted by Gasteiger charge is -2.34. The summed E-state index contributed by atoms with van der Waals surface area (Å²) in [5, 5.41) is 9.87. The van der Waals surface area contributed by atoms with Crippen molar-refractivity contribution in [3.05, 3.63) is 112 Å². The first-order chi connectivity index (χ1) is 17.1. The minimum absolute atomic E-state index is 0.0483. The predicted molar refractivity (Wildman–Crippen MR) is 130 cm³/mol. The van der Waals surface area contributed by atoms with Gasteiger partial charge in [0.05, 0.1) is 23.2 Å². The highest BCUT2D eigenvalue weighted by molar-refractivity contribution is 6.17. The minimum Gasteiger partial charge on any atom is -0.450 e. The van der Waals surface area contributed by atoms with Crippen molar-refractivity contribution in [2.24, 2.45) is 0 Å². The highest BCUT2D eigenvalue weighted by Gasteiger charge is 2.64. The van der Waals surface area contributed by atoms with Gasteiger partial charge in [0.1, 0.15) is 5.58 Å². The number of anilines is 1. The molecule has 1 unspecified atom stereocenters. The van der Waals surface area contributed by atoms with Crippen LogP contribution in [0.4, 0.5) is 5.69 Å². The Labute approximate surface area is 200 Å². The first kappa shape index (κ1) is 21.3. The molecule has 4 aromatic rings. The molecule has 7 heteroatoms. The molecule has 0 saturated carbocycles. The van der Waals surface area contributed by atoms with Crippen LogP contribution in [0.5, 0.6) is 0 Å². The van der Waals surface area contributed by atoms with E-state index in [1.807, 2.05) is 42.5 Å². The van der Waals surface area contributed by atoms with E-state index in [2.05, 4.69) is 0 Å². The minimum atomic E-state index is -1.66. The number of hydrogen-bond donors (Lipinski definition) is 1. The van der Waals surface area contributed by atoms with Crippen molar-refractivity contribution in [2.45, 2.75) is 18.5 Å². The summed E-state index contributed by atoms with van der Waals surface area (Å²) in [5.74, 6) is -1.02. The Morgan fingerprint density at radius 3 is 2.37 bits per heavy atom. The van der Waals surface area contributed by atoms with Crippen molar-refractivity contribution in [2.75, 3.05) is 18.1 Å². The molecule has 1 aromatic heterocycles. The summed E-state index contributed by atoms with van der Waals surface area (Å²) in [7, 11) is 0. The van der Waals surface area contributed by atoms with Crippen LogP contribution in [0.25, 0.3) is 11.0 Å². The number of hydrogen-bond acceptors (Lipinski definition) is 5. The van der Waals surface area contributed by atoms with Crippen LogP contribution < -0.4 is 10.3 Å². The van der Waals surface area contributed by atoms with Crippen molar-refractivity contribution in [3.63, 3.8) is 0 Å². The Hall–Kier alpha value is -4.23. The van der Waals surface area contributed by atoms with E-state index in [1.165, 1.54) is 4.90 Å². The number of amides is 2. The van der Waals surface area contributed by atoms with Gasteiger partial charge in [-0.25, -0.2) is 0 Å². The molecule has 0 saturated heterocycles. The Bertz CT molecular complexity index is 1540. The molecule has 35 heavy (non-hydrogen) atoms. The summed E-state index contributed by atoms with van der Waals surface area (Å²) in [6.45, 7) is 0.215. The highest BCUT2D eigenvalue weighted by Crippen LogP contribution is 2.52. The zero-order chi connectivity index (χ0) is 24.2. The molecule has 3 heterocycles. The molecule has 2 aliphatic rings. The zero-order valence-electron chi connectivity index (χ0n) is 18.8. The monoisotopic (exact) mass is 466 g/mol. The number of benzene rings is 3.